The molecule has 1 aliphatic carbocycles. The number of rotatable bonds is 12. The van der Waals surface area contributed by atoms with Crippen molar-refractivity contribution in [3.8, 4) is 0 Å². The average Bonchev–Trinajstić information content (AvgIpc) is 3.17. The molecule has 0 radical (unpaired) electrons. The lowest BCUT2D eigenvalue weighted by molar-refractivity contribution is 0.0642. The Balaban J connectivity index is 2.11. The quantitative estimate of drug-likeness (QED) is 0.547. The Hall–Kier alpha value is -0.160. The SMILES string of the molecule is COCC(CNCC(C)C)N(C)CCOCC1CC1. The van der Waals surface area contributed by atoms with Crippen LogP contribution in [-0.4, -0.2) is 64.6 Å². The van der Waals surface area contributed by atoms with Gasteiger partial charge in [0.15, 0.2) is 0 Å². The van der Waals surface area contributed by atoms with Crippen molar-refractivity contribution >= 4 is 0 Å². The summed E-state index contributed by atoms with van der Waals surface area (Å²) in [5, 5.41) is 3.51. The lowest BCUT2D eigenvalue weighted by Crippen LogP contribution is -2.45. The van der Waals surface area contributed by atoms with Gasteiger partial charge in [0.1, 0.15) is 0 Å². The van der Waals surface area contributed by atoms with Gasteiger partial charge in [-0.05, 0) is 38.3 Å². The fourth-order valence-electron chi connectivity index (χ4n) is 2.00. The van der Waals surface area contributed by atoms with Crippen molar-refractivity contribution in [1.82, 2.24) is 10.2 Å². The van der Waals surface area contributed by atoms with Gasteiger partial charge in [0, 0.05) is 32.8 Å². The number of ether oxygens (including phenoxy) is 2. The minimum atomic E-state index is 0.424. The van der Waals surface area contributed by atoms with Crippen molar-refractivity contribution in [1.29, 1.82) is 0 Å². The Kier molecular flexibility index (Phi) is 8.62. The molecule has 0 amide bonds. The van der Waals surface area contributed by atoms with Crippen LogP contribution in [0, 0.1) is 11.8 Å². The Labute approximate surface area is 118 Å². The number of likely N-dealkylation sites (N-methyl/N-ethyl adjacent to an activating group) is 1. The first-order valence-electron chi connectivity index (χ1n) is 7.61. The Morgan fingerprint density at radius 3 is 2.58 bits per heavy atom. The minimum absolute atomic E-state index is 0.424. The third-order valence-corrected chi connectivity index (χ3v) is 3.55. The van der Waals surface area contributed by atoms with Crippen LogP contribution in [-0.2, 0) is 9.47 Å². The molecular formula is C15H32N2O2. The van der Waals surface area contributed by atoms with E-state index in [9.17, 15) is 0 Å². The lowest BCUT2D eigenvalue weighted by Gasteiger charge is -2.28. The number of nitrogens with one attached hydrogen (secondary N) is 1. The maximum absolute atomic E-state index is 5.70. The molecule has 1 fully saturated rings. The molecule has 1 rings (SSSR count). The van der Waals surface area contributed by atoms with Crippen LogP contribution in [0.25, 0.3) is 0 Å². The van der Waals surface area contributed by atoms with E-state index < -0.39 is 0 Å². The van der Waals surface area contributed by atoms with E-state index in [0.29, 0.717) is 12.0 Å². The van der Waals surface area contributed by atoms with Gasteiger partial charge >= 0.3 is 0 Å². The molecule has 1 atom stereocenters. The van der Waals surface area contributed by atoms with Gasteiger partial charge in [0.2, 0.25) is 0 Å². The third kappa shape index (κ3) is 8.58. The first-order valence-corrected chi connectivity index (χ1v) is 7.61. The highest BCUT2D eigenvalue weighted by Crippen LogP contribution is 2.28. The molecule has 4 heteroatoms. The van der Waals surface area contributed by atoms with Crippen molar-refractivity contribution in [2.45, 2.75) is 32.7 Å². The van der Waals surface area contributed by atoms with Crippen LogP contribution < -0.4 is 5.32 Å². The van der Waals surface area contributed by atoms with Crippen LogP contribution in [0.4, 0.5) is 0 Å². The average molecular weight is 272 g/mol. The van der Waals surface area contributed by atoms with Gasteiger partial charge in [-0.3, -0.25) is 4.90 Å². The Morgan fingerprint density at radius 2 is 2.00 bits per heavy atom. The largest absolute Gasteiger partial charge is 0.383 e. The maximum atomic E-state index is 5.70. The molecule has 0 heterocycles. The van der Waals surface area contributed by atoms with E-state index in [0.717, 1.165) is 45.4 Å². The molecule has 1 N–H and O–H groups in total. The van der Waals surface area contributed by atoms with Gasteiger partial charge in [-0.25, -0.2) is 0 Å². The highest BCUT2D eigenvalue weighted by molar-refractivity contribution is 4.73. The fraction of sp³-hybridized carbons (Fsp3) is 1.00. The second-order valence-corrected chi connectivity index (χ2v) is 6.16. The van der Waals surface area contributed by atoms with E-state index >= 15 is 0 Å². The molecule has 0 aliphatic heterocycles. The van der Waals surface area contributed by atoms with Crippen molar-refractivity contribution in [2.24, 2.45) is 11.8 Å². The van der Waals surface area contributed by atoms with Crippen LogP contribution in [0.15, 0.2) is 0 Å². The van der Waals surface area contributed by atoms with Crippen molar-refractivity contribution < 1.29 is 9.47 Å². The maximum Gasteiger partial charge on any atom is 0.0630 e. The van der Waals surface area contributed by atoms with Crippen LogP contribution in [0.5, 0.6) is 0 Å². The molecule has 1 saturated carbocycles. The smallest absolute Gasteiger partial charge is 0.0630 e. The summed E-state index contributed by atoms with van der Waals surface area (Å²) in [6, 6.07) is 0.424. The van der Waals surface area contributed by atoms with Crippen LogP contribution >= 0.6 is 0 Å². The molecule has 0 aromatic rings. The molecule has 19 heavy (non-hydrogen) atoms. The molecule has 1 unspecified atom stereocenters. The van der Waals surface area contributed by atoms with Gasteiger partial charge in [-0.15, -0.1) is 0 Å². The van der Waals surface area contributed by atoms with Crippen molar-refractivity contribution in [3.63, 3.8) is 0 Å². The Morgan fingerprint density at radius 1 is 1.26 bits per heavy atom. The molecule has 0 aromatic carbocycles. The Bertz CT molecular complexity index is 220. The van der Waals surface area contributed by atoms with E-state index in [1.54, 1.807) is 7.11 Å². The molecule has 0 saturated heterocycles. The third-order valence-electron chi connectivity index (χ3n) is 3.55. The van der Waals surface area contributed by atoms with Gasteiger partial charge in [-0.1, -0.05) is 13.8 Å². The minimum Gasteiger partial charge on any atom is -0.383 e. The van der Waals surface area contributed by atoms with E-state index in [1.165, 1.54) is 12.8 Å². The summed E-state index contributed by atoms with van der Waals surface area (Å²) in [7, 11) is 3.92. The zero-order valence-electron chi connectivity index (χ0n) is 13.2. The predicted octanol–water partition coefficient (Wildman–Crippen LogP) is 1.61. The topological polar surface area (TPSA) is 33.7 Å². The summed E-state index contributed by atoms with van der Waals surface area (Å²) < 4.78 is 11.0. The second kappa shape index (κ2) is 9.70. The number of hydrogen-bond acceptors (Lipinski definition) is 4. The van der Waals surface area contributed by atoms with E-state index in [-0.39, 0.29) is 0 Å². The lowest BCUT2D eigenvalue weighted by atomic mass is 10.2. The van der Waals surface area contributed by atoms with E-state index in [1.807, 2.05) is 0 Å². The molecule has 4 nitrogen and oxygen atoms in total. The molecular weight excluding hydrogens is 240 g/mol. The van der Waals surface area contributed by atoms with Crippen molar-refractivity contribution in [2.75, 3.05) is 53.6 Å². The summed E-state index contributed by atoms with van der Waals surface area (Å²) in [6.07, 6.45) is 2.72. The highest BCUT2D eigenvalue weighted by atomic mass is 16.5. The van der Waals surface area contributed by atoms with Gasteiger partial charge < -0.3 is 14.8 Å². The van der Waals surface area contributed by atoms with Crippen LogP contribution in [0.2, 0.25) is 0 Å². The van der Waals surface area contributed by atoms with Gasteiger partial charge in [0.25, 0.3) is 0 Å². The standard InChI is InChI=1S/C15H32N2O2/c1-13(2)9-16-10-15(12-18-4)17(3)7-8-19-11-14-5-6-14/h13-16H,5-12H2,1-4H3. The molecule has 0 aromatic heterocycles. The van der Waals surface area contributed by atoms with Crippen molar-refractivity contribution in [3.05, 3.63) is 0 Å². The predicted molar refractivity (Wildman–Crippen MR) is 79.5 cm³/mol. The van der Waals surface area contributed by atoms with Gasteiger partial charge in [-0.2, -0.15) is 0 Å². The first kappa shape index (κ1) is 16.9. The monoisotopic (exact) mass is 272 g/mol. The number of methoxy groups -OCH3 is 1. The van der Waals surface area contributed by atoms with Crippen LogP contribution in [0.1, 0.15) is 26.7 Å². The van der Waals surface area contributed by atoms with Gasteiger partial charge in [0.05, 0.1) is 13.2 Å². The van der Waals surface area contributed by atoms with E-state index in [2.05, 4.69) is 31.1 Å². The zero-order valence-corrected chi connectivity index (χ0v) is 13.2. The summed E-state index contributed by atoms with van der Waals surface area (Å²) in [4.78, 5) is 2.34. The summed E-state index contributed by atoms with van der Waals surface area (Å²) in [5.74, 6) is 1.54. The number of hydrogen-bond donors (Lipinski definition) is 1. The molecule has 0 bridgehead atoms. The molecule has 0 spiro atoms. The van der Waals surface area contributed by atoms with E-state index in [4.69, 9.17) is 9.47 Å². The summed E-state index contributed by atoms with van der Waals surface area (Å²) >= 11 is 0. The first-order chi connectivity index (χ1) is 9.13. The fourth-order valence-corrected chi connectivity index (χ4v) is 2.00. The second-order valence-electron chi connectivity index (χ2n) is 6.16. The zero-order chi connectivity index (χ0) is 14.1. The summed E-state index contributed by atoms with van der Waals surface area (Å²) in [5.41, 5.74) is 0. The summed E-state index contributed by atoms with van der Waals surface area (Å²) in [6.45, 7) is 10.0. The van der Waals surface area contributed by atoms with Crippen LogP contribution in [0.3, 0.4) is 0 Å². The normalized spacial score (nSPS) is 17.4. The molecule has 1 aliphatic rings. The number of nitrogens with zero attached hydrogens (tertiary/aromatic N) is 1. The highest BCUT2D eigenvalue weighted by Gasteiger charge is 2.21. The molecule has 114 valence electrons.